The van der Waals surface area contributed by atoms with Gasteiger partial charge < -0.3 is 15.0 Å². The van der Waals surface area contributed by atoms with E-state index in [0.717, 1.165) is 0 Å². The van der Waals surface area contributed by atoms with Gasteiger partial charge in [-0.25, -0.2) is 4.79 Å². The lowest BCUT2D eigenvalue weighted by Crippen LogP contribution is -2.55. The molecule has 1 aliphatic heterocycles. The van der Waals surface area contributed by atoms with E-state index in [2.05, 4.69) is 10.1 Å². The number of likely N-dealkylation sites (tertiary alicyclic amines) is 1. The first-order valence-electron chi connectivity index (χ1n) is 3.73. The van der Waals surface area contributed by atoms with E-state index in [1.165, 1.54) is 12.0 Å². The van der Waals surface area contributed by atoms with Crippen molar-refractivity contribution in [1.82, 2.24) is 10.2 Å². The second kappa shape index (κ2) is 3.42. The highest BCUT2D eigenvalue weighted by Crippen LogP contribution is 2.15. The Morgan fingerprint density at radius 2 is 2.08 bits per heavy atom. The molecule has 1 N–H and O–H groups in total. The maximum atomic E-state index is 11.0. The lowest BCUT2D eigenvalue weighted by Gasteiger charge is -2.36. The van der Waals surface area contributed by atoms with Gasteiger partial charge in [0.1, 0.15) is 0 Å². The van der Waals surface area contributed by atoms with E-state index >= 15 is 0 Å². The summed E-state index contributed by atoms with van der Waals surface area (Å²) in [5.41, 5.74) is 0. The van der Waals surface area contributed by atoms with Gasteiger partial charge in [-0.15, -0.1) is 0 Å². The van der Waals surface area contributed by atoms with Crippen LogP contribution in [0.5, 0.6) is 0 Å². The number of rotatable bonds is 1. The molecule has 0 spiro atoms. The zero-order valence-corrected chi connectivity index (χ0v) is 7.16. The average Bonchev–Trinajstić information content (AvgIpc) is 2.01. The van der Waals surface area contributed by atoms with Crippen LogP contribution in [0.25, 0.3) is 0 Å². The molecular weight excluding hydrogens is 160 g/mol. The molecule has 1 rings (SSSR count). The molecule has 1 heterocycles. The first-order valence-corrected chi connectivity index (χ1v) is 3.73. The minimum absolute atomic E-state index is 0.0184. The number of hydrogen-bond acceptors (Lipinski definition) is 3. The van der Waals surface area contributed by atoms with E-state index in [1.807, 2.05) is 0 Å². The number of nitrogens with one attached hydrogen (secondary N) is 1. The molecule has 2 amide bonds. The van der Waals surface area contributed by atoms with Crippen molar-refractivity contribution in [2.75, 3.05) is 27.2 Å². The number of ether oxygens (including phenoxy) is 1. The fourth-order valence-electron chi connectivity index (χ4n) is 1.13. The smallest absolute Gasteiger partial charge is 0.409 e. The third-order valence-electron chi connectivity index (χ3n) is 1.93. The Morgan fingerprint density at radius 1 is 1.50 bits per heavy atom. The number of carbonyl (C=O) groups is 2. The van der Waals surface area contributed by atoms with Gasteiger partial charge in [0.25, 0.3) is 0 Å². The van der Waals surface area contributed by atoms with Crippen LogP contribution < -0.4 is 5.32 Å². The second-order valence-electron chi connectivity index (χ2n) is 2.69. The maximum Gasteiger partial charge on any atom is 0.409 e. The number of hydrogen-bond donors (Lipinski definition) is 1. The molecule has 0 aromatic rings. The zero-order chi connectivity index (χ0) is 9.14. The molecule has 0 bridgehead atoms. The molecular formula is C7H12N2O3. The standard InChI is InChI=1S/C7H12N2O3/c1-8-6(10)5-3-9(4-5)7(11)12-2/h5H,3-4H2,1-2H3,(H,8,10). The lowest BCUT2D eigenvalue weighted by atomic mass is 10.0. The Morgan fingerprint density at radius 3 is 2.50 bits per heavy atom. The first-order chi connectivity index (χ1) is 5.69. The summed E-state index contributed by atoms with van der Waals surface area (Å²) in [6.45, 7) is 0.929. The van der Waals surface area contributed by atoms with Crippen molar-refractivity contribution < 1.29 is 14.3 Å². The topological polar surface area (TPSA) is 58.6 Å². The maximum absolute atomic E-state index is 11.0. The monoisotopic (exact) mass is 172 g/mol. The van der Waals surface area contributed by atoms with Gasteiger partial charge in [0.2, 0.25) is 5.91 Å². The van der Waals surface area contributed by atoms with Crippen molar-refractivity contribution in [3.63, 3.8) is 0 Å². The predicted octanol–water partition coefficient (Wildman–Crippen LogP) is -0.569. The number of methoxy groups -OCH3 is 1. The van der Waals surface area contributed by atoms with Crippen molar-refractivity contribution in [2.24, 2.45) is 5.92 Å². The van der Waals surface area contributed by atoms with Gasteiger partial charge in [0, 0.05) is 20.1 Å². The molecule has 1 aliphatic rings. The van der Waals surface area contributed by atoms with Gasteiger partial charge in [0.15, 0.2) is 0 Å². The molecule has 0 radical (unpaired) electrons. The summed E-state index contributed by atoms with van der Waals surface area (Å²) in [6.07, 6.45) is -0.366. The lowest BCUT2D eigenvalue weighted by molar-refractivity contribution is -0.128. The Bertz CT molecular complexity index is 179. The van der Waals surface area contributed by atoms with Gasteiger partial charge in [-0.2, -0.15) is 0 Å². The molecule has 1 saturated heterocycles. The van der Waals surface area contributed by atoms with E-state index in [1.54, 1.807) is 7.05 Å². The van der Waals surface area contributed by atoms with Gasteiger partial charge in [-0.05, 0) is 0 Å². The highest BCUT2D eigenvalue weighted by Gasteiger charge is 2.35. The van der Waals surface area contributed by atoms with Crippen molar-refractivity contribution in [3.8, 4) is 0 Å². The molecule has 0 aliphatic carbocycles. The molecule has 0 aromatic heterocycles. The summed E-state index contributed by atoms with van der Waals surface area (Å²) < 4.78 is 4.47. The van der Waals surface area contributed by atoms with Gasteiger partial charge in [0.05, 0.1) is 13.0 Å². The van der Waals surface area contributed by atoms with Crippen molar-refractivity contribution >= 4 is 12.0 Å². The number of amides is 2. The molecule has 0 atom stereocenters. The van der Waals surface area contributed by atoms with E-state index in [0.29, 0.717) is 13.1 Å². The van der Waals surface area contributed by atoms with Crippen LogP contribution in [-0.4, -0.2) is 44.1 Å². The fraction of sp³-hybridized carbons (Fsp3) is 0.714. The molecule has 0 aromatic carbocycles. The molecule has 0 unspecified atom stereocenters. The second-order valence-corrected chi connectivity index (χ2v) is 2.69. The third kappa shape index (κ3) is 1.49. The molecule has 0 saturated carbocycles. The molecule has 12 heavy (non-hydrogen) atoms. The summed E-state index contributed by atoms with van der Waals surface area (Å²) in [7, 11) is 2.92. The number of carbonyl (C=O) groups excluding carboxylic acids is 2. The van der Waals surface area contributed by atoms with Crippen LogP contribution in [0.1, 0.15) is 0 Å². The summed E-state index contributed by atoms with van der Waals surface area (Å²) in [6, 6.07) is 0. The number of nitrogens with zero attached hydrogens (tertiary/aromatic N) is 1. The Kier molecular flexibility index (Phi) is 2.52. The Labute approximate surface area is 70.7 Å². The van der Waals surface area contributed by atoms with Crippen LogP contribution >= 0.6 is 0 Å². The highest BCUT2D eigenvalue weighted by molar-refractivity contribution is 5.82. The summed E-state index contributed by atoms with van der Waals surface area (Å²) in [5.74, 6) is -0.0794. The quantitative estimate of drug-likeness (QED) is 0.576. The van der Waals surface area contributed by atoms with Gasteiger partial charge in [-0.1, -0.05) is 0 Å². The minimum atomic E-state index is -0.366. The SMILES string of the molecule is CNC(=O)C1CN(C(=O)OC)C1. The molecule has 5 nitrogen and oxygen atoms in total. The summed E-state index contributed by atoms with van der Waals surface area (Å²) >= 11 is 0. The van der Waals surface area contributed by atoms with Crippen LogP contribution in [0.3, 0.4) is 0 Å². The van der Waals surface area contributed by atoms with Crippen molar-refractivity contribution in [1.29, 1.82) is 0 Å². The third-order valence-corrected chi connectivity index (χ3v) is 1.93. The Hall–Kier alpha value is -1.26. The average molecular weight is 172 g/mol. The van der Waals surface area contributed by atoms with E-state index in [-0.39, 0.29) is 17.9 Å². The summed E-state index contributed by atoms with van der Waals surface area (Å²) in [4.78, 5) is 23.3. The van der Waals surface area contributed by atoms with Crippen LogP contribution in [0, 0.1) is 5.92 Å². The van der Waals surface area contributed by atoms with Crippen LogP contribution in [-0.2, 0) is 9.53 Å². The largest absolute Gasteiger partial charge is 0.453 e. The van der Waals surface area contributed by atoms with Gasteiger partial charge in [-0.3, -0.25) is 4.79 Å². The van der Waals surface area contributed by atoms with Gasteiger partial charge >= 0.3 is 6.09 Å². The van der Waals surface area contributed by atoms with Crippen molar-refractivity contribution in [2.45, 2.75) is 0 Å². The minimum Gasteiger partial charge on any atom is -0.453 e. The first kappa shape index (κ1) is 8.83. The van der Waals surface area contributed by atoms with Crippen LogP contribution in [0.2, 0.25) is 0 Å². The Balaban J connectivity index is 2.28. The van der Waals surface area contributed by atoms with Crippen LogP contribution in [0.4, 0.5) is 4.79 Å². The molecule has 1 fully saturated rings. The van der Waals surface area contributed by atoms with Crippen molar-refractivity contribution in [3.05, 3.63) is 0 Å². The van der Waals surface area contributed by atoms with E-state index in [9.17, 15) is 9.59 Å². The van der Waals surface area contributed by atoms with Crippen LogP contribution in [0.15, 0.2) is 0 Å². The normalized spacial score (nSPS) is 16.7. The zero-order valence-electron chi connectivity index (χ0n) is 7.16. The predicted molar refractivity (Wildman–Crippen MR) is 41.5 cm³/mol. The fourth-order valence-corrected chi connectivity index (χ4v) is 1.13. The molecule has 5 heteroatoms. The summed E-state index contributed by atoms with van der Waals surface area (Å²) in [5, 5.41) is 2.53. The van der Waals surface area contributed by atoms with E-state index < -0.39 is 0 Å². The molecule has 68 valence electrons. The highest BCUT2D eigenvalue weighted by atomic mass is 16.5. The van der Waals surface area contributed by atoms with E-state index in [4.69, 9.17) is 0 Å².